The van der Waals surface area contributed by atoms with Crippen molar-refractivity contribution in [3.05, 3.63) is 42.0 Å². The maximum atomic E-state index is 12.2. The van der Waals surface area contributed by atoms with Crippen LogP contribution in [-0.2, 0) is 0 Å². The van der Waals surface area contributed by atoms with Crippen LogP contribution in [0.2, 0.25) is 0 Å². The minimum Gasteiger partial charge on any atom is -0.394 e. The summed E-state index contributed by atoms with van der Waals surface area (Å²) in [5.41, 5.74) is 1.41. The topological polar surface area (TPSA) is 80.0 Å². The molecule has 6 nitrogen and oxygen atoms in total. The molecule has 0 fully saturated rings. The van der Waals surface area contributed by atoms with Gasteiger partial charge < -0.3 is 10.4 Å². The van der Waals surface area contributed by atoms with E-state index in [0.29, 0.717) is 5.56 Å². The number of hydrogen-bond acceptors (Lipinski definition) is 4. The lowest BCUT2D eigenvalue weighted by Gasteiger charge is -2.23. The second-order valence-electron chi connectivity index (χ2n) is 5.26. The molecule has 0 bridgehead atoms. The molecule has 0 radical (unpaired) electrons. The predicted molar refractivity (Wildman–Crippen MR) is 74.7 cm³/mol. The molecule has 0 spiro atoms. The van der Waals surface area contributed by atoms with Crippen LogP contribution in [0.5, 0.6) is 0 Å². The summed E-state index contributed by atoms with van der Waals surface area (Å²) in [4.78, 5) is 16.2. The fraction of sp³-hybridized carbons (Fsp3) is 0.357. The molecule has 2 heterocycles. The van der Waals surface area contributed by atoms with E-state index < -0.39 is 5.54 Å². The Balaban J connectivity index is 2.28. The van der Waals surface area contributed by atoms with Crippen LogP contribution in [0.4, 0.5) is 0 Å². The molecule has 0 saturated carbocycles. The summed E-state index contributed by atoms with van der Waals surface area (Å²) in [6.07, 6.45) is 4.87. The largest absolute Gasteiger partial charge is 0.394 e. The lowest BCUT2D eigenvalue weighted by molar-refractivity contribution is 0.0868. The smallest absolute Gasteiger partial charge is 0.255 e. The normalized spacial score (nSPS) is 11.4. The van der Waals surface area contributed by atoms with E-state index in [1.54, 1.807) is 30.9 Å². The lowest BCUT2D eigenvalue weighted by atomic mass is 10.1. The summed E-state index contributed by atoms with van der Waals surface area (Å²) in [5.74, 6) is -0.248. The number of carbonyl (C=O) groups is 1. The zero-order valence-corrected chi connectivity index (χ0v) is 11.8. The zero-order valence-electron chi connectivity index (χ0n) is 11.8. The Kier molecular flexibility index (Phi) is 3.85. The number of aliphatic hydroxyl groups excluding tert-OH is 1. The summed E-state index contributed by atoms with van der Waals surface area (Å²) in [6.45, 7) is 5.21. The van der Waals surface area contributed by atoms with Gasteiger partial charge in [-0.3, -0.25) is 9.78 Å². The quantitative estimate of drug-likeness (QED) is 0.874. The van der Waals surface area contributed by atoms with Gasteiger partial charge in [0, 0.05) is 12.4 Å². The van der Waals surface area contributed by atoms with Gasteiger partial charge in [-0.25, -0.2) is 4.68 Å². The van der Waals surface area contributed by atoms with Gasteiger partial charge in [0.05, 0.1) is 35.3 Å². The van der Waals surface area contributed by atoms with E-state index in [0.717, 1.165) is 11.4 Å². The third-order valence-corrected chi connectivity index (χ3v) is 3.01. The number of aliphatic hydroxyl groups is 1. The summed E-state index contributed by atoms with van der Waals surface area (Å²) in [5, 5.41) is 16.2. The summed E-state index contributed by atoms with van der Waals surface area (Å²) >= 11 is 0. The van der Waals surface area contributed by atoms with E-state index in [1.165, 1.54) is 6.20 Å². The monoisotopic (exact) mass is 274 g/mol. The van der Waals surface area contributed by atoms with Gasteiger partial charge in [-0.1, -0.05) is 0 Å². The van der Waals surface area contributed by atoms with E-state index in [4.69, 9.17) is 0 Å². The van der Waals surface area contributed by atoms with Crippen molar-refractivity contribution in [2.75, 3.05) is 6.61 Å². The van der Waals surface area contributed by atoms with Crippen LogP contribution in [0, 0.1) is 6.92 Å². The number of nitrogens with one attached hydrogen (secondary N) is 1. The SMILES string of the molecule is Cc1c(C(=O)NC(C)(C)CO)cnn1-c1ccncc1. The molecule has 2 aromatic rings. The molecule has 106 valence electrons. The Hall–Kier alpha value is -2.21. The van der Waals surface area contributed by atoms with Gasteiger partial charge in [0.15, 0.2) is 0 Å². The average molecular weight is 274 g/mol. The molecular weight excluding hydrogens is 256 g/mol. The first kappa shape index (κ1) is 14.2. The van der Waals surface area contributed by atoms with Crippen molar-refractivity contribution in [2.45, 2.75) is 26.3 Å². The second-order valence-corrected chi connectivity index (χ2v) is 5.26. The van der Waals surface area contributed by atoms with E-state index in [9.17, 15) is 9.90 Å². The molecule has 0 unspecified atom stereocenters. The summed E-state index contributed by atoms with van der Waals surface area (Å²) in [6, 6.07) is 3.64. The molecule has 1 amide bonds. The van der Waals surface area contributed by atoms with Crippen molar-refractivity contribution in [3.63, 3.8) is 0 Å². The van der Waals surface area contributed by atoms with Crippen molar-refractivity contribution in [2.24, 2.45) is 0 Å². The third kappa shape index (κ3) is 2.85. The summed E-state index contributed by atoms with van der Waals surface area (Å²) in [7, 11) is 0. The highest BCUT2D eigenvalue weighted by molar-refractivity contribution is 5.95. The Labute approximate surface area is 117 Å². The number of amides is 1. The molecule has 6 heteroatoms. The van der Waals surface area contributed by atoms with Crippen LogP contribution in [-0.4, -0.2) is 37.9 Å². The van der Waals surface area contributed by atoms with Crippen LogP contribution >= 0.6 is 0 Å². The predicted octanol–water partition coefficient (Wildman–Crippen LogP) is 1.08. The maximum Gasteiger partial charge on any atom is 0.255 e. The average Bonchev–Trinajstić information content (AvgIpc) is 2.81. The number of nitrogens with zero attached hydrogens (tertiary/aromatic N) is 3. The molecule has 2 aromatic heterocycles. The van der Waals surface area contributed by atoms with Crippen LogP contribution in [0.1, 0.15) is 29.9 Å². The second kappa shape index (κ2) is 5.42. The van der Waals surface area contributed by atoms with E-state index >= 15 is 0 Å². The first-order valence-corrected chi connectivity index (χ1v) is 6.33. The Morgan fingerprint density at radius 3 is 2.65 bits per heavy atom. The molecule has 2 rings (SSSR count). The van der Waals surface area contributed by atoms with E-state index in [1.807, 2.05) is 19.1 Å². The highest BCUT2D eigenvalue weighted by Gasteiger charge is 2.22. The molecule has 0 aliphatic carbocycles. The Bertz CT molecular complexity index is 605. The molecular formula is C14H18N4O2. The fourth-order valence-corrected chi connectivity index (χ4v) is 1.79. The van der Waals surface area contributed by atoms with Crippen LogP contribution in [0.25, 0.3) is 5.69 Å². The minimum atomic E-state index is -0.664. The standard InChI is InChI=1S/C14H18N4O2/c1-10-12(13(20)17-14(2,3)9-19)8-16-18(10)11-4-6-15-7-5-11/h4-8,19H,9H2,1-3H3,(H,17,20). The molecule has 20 heavy (non-hydrogen) atoms. The Morgan fingerprint density at radius 1 is 1.40 bits per heavy atom. The molecule has 0 atom stereocenters. The van der Waals surface area contributed by atoms with Crippen molar-refractivity contribution in [3.8, 4) is 5.69 Å². The molecule has 2 N–H and O–H groups in total. The number of carbonyl (C=O) groups excluding carboxylic acids is 1. The highest BCUT2D eigenvalue weighted by atomic mass is 16.3. The van der Waals surface area contributed by atoms with Crippen molar-refractivity contribution < 1.29 is 9.90 Å². The zero-order chi connectivity index (χ0) is 14.8. The van der Waals surface area contributed by atoms with Gasteiger partial charge in [0.1, 0.15) is 0 Å². The van der Waals surface area contributed by atoms with Gasteiger partial charge in [-0.2, -0.15) is 5.10 Å². The van der Waals surface area contributed by atoms with Gasteiger partial charge in [-0.15, -0.1) is 0 Å². The Morgan fingerprint density at radius 2 is 2.05 bits per heavy atom. The van der Waals surface area contributed by atoms with Crippen LogP contribution < -0.4 is 5.32 Å². The molecule has 0 aliphatic heterocycles. The van der Waals surface area contributed by atoms with Crippen molar-refractivity contribution in [1.29, 1.82) is 0 Å². The van der Waals surface area contributed by atoms with Crippen molar-refractivity contribution in [1.82, 2.24) is 20.1 Å². The molecule has 0 aliphatic rings. The van der Waals surface area contributed by atoms with E-state index in [-0.39, 0.29) is 12.5 Å². The first-order valence-electron chi connectivity index (χ1n) is 6.33. The van der Waals surface area contributed by atoms with Gasteiger partial charge in [0.2, 0.25) is 0 Å². The van der Waals surface area contributed by atoms with Gasteiger partial charge >= 0.3 is 0 Å². The molecule has 0 saturated heterocycles. The van der Waals surface area contributed by atoms with E-state index in [2.05, 4.69) is 15.4 Å². The number of aromatic nitrogens is 3. The van der Waals surface area contributed by atoms with Gasteiger partial charge in [0.25, 0.3) is 5.91 Å². The minimum absolute atomic E-state index is 0.129. The lowest BCUT2D eigenvalue weighted by Crippen LogP contribution is -2.46. The van der Waals surface area contributed by atoms with Crippen molar-refractivity contribution >= 4 is 5.91 Å². The maximum absolute atomic E-state index is 12.2. The molecule has 0 aromatic carbocycles. The number of pyridine rings is 1. The fourth-order valence-electron chi connectivity index (χ4n) is 1.79. The van der Waals surface area contributed by atoms with Gasteiger partial charge in [-0.05, 0) is 32.9 Å². The third-order valence-electron chi connectivity index (χ3n) is 3.01. The van der Waals surface area contributed by atoms with Crippen LogP contribution in [0.3, 0.4) is 0 Å². The highest BCUT2D eigenvalue weighted by Crippen LogP contribution is 2.14. The summed E-state index contributed by atoms with van der Waals surface area (Å²) < 4.78 is 1.68. The van der Waals surface area contributed by atoms with Crippen LogP contribution in [0.15, 0.2) is 30.7 Å². The number of rotatable bonds is 4. The first-order chi connectivity index (χ1) is 9.44. The number of hydrogen-bond donors (Lipinski definition) is 2.